The van der Waals surface area contributed by atoms with Gasteiger partial charge in [0.1, 0.15) is 0 Å². The summed E-state index contributed by atoms with van der Waals surface area (Å²) in [5.74, 6) is 0.582. The van der Waals surface area contributed by atoms with Crippen LogP contribution in [0.2, 0.25) is 0 Å². The van der Waals surface area contributed by atoms with Crippen molar-refractivity contribution in [1.29, 1.82) is 0 Å². The summed E-state index contributed by atoms with van der Waals surface area (Å²) in [5, 5.41) is 10.0. The smallest absolute Gasteiger partial charge is 0.0807 e. The lowest BCUT2D eigenvalue weighted by Gasteiger charge is -2.16. The van der Waals surface area contributed by atoms with Crippen LogP contribution >= 0.6 is 0 Å². The highest BCUT2D eigenvalue weighted by Gasteiger charge is 2.19. The monoisotopic (exact) mass is 269 g/mol. The topological polar surface area (TPSA) is 25.2 Å². The van der Waals surface area contributed by atoms with E-state index in [0.717, 1.165) is 31.4 Å². The molecular formula is C18H23NO. The van der Waals surface area contributed by atoms with Gasteiger partial charge in [-0.25, -0.2) is 0 Å². The third-order valence-electron chi connectivity index (χ3n) is 4.29. The van der Waals surface area contributed by atoms with Crippen molar-refractivity contribution in [2.45, 2.75) is 51.7 Å². The number of aliphatic hydroxyl groups excluding tert-OH is 1. The van der Waals surface area contributed by atoms with Gasteiger partial charge in [0.25, 0.3) is 0 Å². The number of hydrogen-bond acceptors (Lipinski definition) is 1. The molecule has 2 heteroatoms. The molecule has 1 heterocycles. The fraction of sp³-hybridized carbons (Fsp3) is 0.444. The molecule has 0 saturated heterocycles. The Hall–Kier alpha value is -1.54. The fourth-order valence-corrected chi connectivity index (χ4v) is 3.03. The summed E-state index contributed by atoms with van der Waals surface area (Å²) in [7, 11) is 0. The maximum Gasteiger partial charge on any atom is 0.0807 e. The Labute approximate surface area is 121 Å². The largest absolute Gasteiger partial charge is 0.388 e. The van der Waals surface area contributed by atoms with Crippen molar-refractivity contribution in [1.82, 2.24) is 4.57 Å². The molecule has 2 nitrogen and oxygen atoms in total. The molecule has 106 valence electrons. The fourth-order valence-electron chi connectivity index (χ4n) is 3.03. The summed E-state index contributed by atoms with van der Waals surface area (Å²) in [6, 6.07) is 8.87. The van der Waals surface area contributed by atoms with Crippen molar-refractivity contribution in [3.63, 3.8) is 0 Å². The lowest BCUT2D eigenvalue weighted by molar-refractivity contribution is 0.157. The molecule has 1 unspecified atom stereocenters. The van der Waals surface area contributed by atoms with Gasteiger partial charge in [-0.05, 0) is 41.9 Å². The minimum atomic E-state index is -0.261. The number of aliphatic hydroxyl groups is 1. The normalized spacial score (nSPS) is 18.3. The molecule has 1 aliphatic carbocycles. The van der Waals surface area contributed by atoms with Crippen LogP contribution in [-0.4, -0.2) is 9.67 Å². The molecule has 3 rings (SSSR count). The molecule has 0 fully saturated rings. The number of fused-ring (bicyclic) bond motifs is 1. The number of hydrogen-bond donors (Lipinski definition) is 1. The molecule has 0 amide bonds. The highest BCUT2D eigenvalue weighted by atomic mass is 16.3. The van der Waals surface area contributed by atoms with Gasteiger partial charge in [-0.2, -0.15) is 0 Å². The summed E-state index contributed by atoms with van der Waals surface area (Å²) in [6.45, 7) is 5.32. The van der Waals surface area contributed by atoms with E-state index in [1.807, 2.05) is 0 Å². The lowest BCUT2D eigenvalue weighted by atomic mass is 9.93. The zero-order valence-electron chi connectivity index (χ0n) is 12.3. The number of benzene rings is 1. The van der Waals surface area contributed by atoms with Gasteiger partial charge < -0.3 is 9.67 Å². The molecule has 1 atom stereocenters. The highest BCUT2D eigenvalue weighted by Crippen LogP contribution is 2.30. The first-order valence-electron chi connectivity index (χ1n) is 7.59. The van der Waals surface area contributed by atoms with Crippen LogP contribution in [0.15, 0.2) is 36.7 Å². The Bertz CT molecular complexity index is 580. The third-order valence-corrected chi connectivity index (χ3v) is 4.29. The van der Waals surface area contributed by atoms with Gasteiger partial charge in [-0.1, -0.05) is 38.1 Å². The van der Waals surface area contributed by atoms with Crippen LogP contribution in [-0.2, 0) is 13.0 Å². The van der Waals surface area contributed by atoms with Crippen LogP contribution in [0.1, 0.15) is 61.0 Å². The molecule has 1 aromatic carbocycles. The molecule has 20 heavy (non-hydrogen) atoms. The Morgan fingerprint density at radius 3 is 2.60 bits per heavy atom. The second-order valence-corrected chi connectivity index (χ2v) is 6.22. The molecule has 0 spiro atoms. The van der Waals surface area contributed by atoms with Gasteiger partial charge in [0.15, 0.2) is 0 Å². The van der Waals surface area contributed by atoms with E-state index in [-0.39, 0.29) is 6.10 Å². The zero-order valence-corrected chi connectivity index (χ0v) is 12.3. The van der Waals surface area contributed by atoms with Crippen molar-refractivity contribution >= 4 is 0 Å². The molecular weight excluding hydrogens is 246 g/mol. The Morgan fingerprint density at radius 1 is 1.20 bits per heavy atom. The van der Waals surface area contributed by atoms with E-state index in [4.69, 9.17) is 0 Å². The molecule has 0 aliphatic heterocycles. The minimum absolute atomic E-state index is 0.261. The van der Waals surface area contributed by atoms with E-state index in [1.165, 1.54) is 16.7 Å². The number of nitrogens with zero attached hydrogens (tertiary/aromatic N) is 1. The molecule has 1 aromatic heterocycles. The maximum absolute atomic E-state index is 10.0. The number of aromatic nitrogens is 1. The zero-order chi connectivity index (χ0) is 14.1. The second-order valence-electron chi connectivity index (χ2n) is 6.22. The van der Waals surface area contributed by atoms with Crippen LogP contribution < -0.4 is 0 Å². The predicted molar refractivity (Wildman–Crippen MR) is 82.0 cm³/mol. The summed E-state index contributed by atoms with van der Waals surface area (Å²) >= 11 is 0. The first kappa shape index (κ1) is 13.4. The van der Waals surface area contributed by atoms with Crippen molar-refractivity contribution in [3.05, 3.63) is 58.9 Å². The highest BCUT2D eigenvalue weighted by molar-refractivity contribution is 5.30. The molecule has 2 aromatic rings. The Kier molecular flexibility index (Phi) is 3.66. The van der Waals surface area contributed by atoms with Crippen LogP contribution in [0.3, 0.4) is 0 Å². The van der Waals surface area contributed by atoms with Crippen molar-refractivity contribution in [2.24, 2.45) is 0 Å². The number of aryl methyl sites for hydroxylation is 1. The van der Waals surface area contributed by atoms with Crippen molar-refractivity contribution in [3.8, 4) is 0 Å². The summed E-state index contributed by atoms with van der Waals surface area (Å²) in [5.41, 5.74) is 5.16. The minimum Gasteiger partial charge on any atom is -0.388 e. The average molecular weight is 269 g/mol. The maximum atomic E-state index is 10.0. The van der Waals surface area contributed by atoms with Gasteiger partial charge >= 0.3 is 0 Å². The predicted octanol–water partition coefficient (Wildman–Crippen LogP) is 4.03. The van der Waals surface area contributed by atoms with Gasteiger partial charge in [0, 0.05) is 24.5 Å². The van der Waals surface area contributed by atoms with Gasteiger partial charge in [0.05, 0.1) is 6.10 Å². The van der Waals surface area contributed by atoms with E-state index in [2.05, 4.69) is 55.1 Å². The second kappa shape index (κ2) is 5.45. The van der Waals surface area contributed by atoms with E-state index in [0.29, 0.717) is 5.92 Å². The Balaban J connectivity index is 1.78. The van der Waals surface area contributed by atoms with E-state index in [9.17, 15) is 5.11 Å². The van der Waals surface area contributed by atoms with E-state index >= 15 is 0 Å². The summed E-state index contributed by atoms with van der Waals surface area (Å²) in [6.07, 6.45) is 7.17. The van der Waals surface area contributed by atoms with E-state index < -0.39 is 0 Å². The lowest BCUT2D eigenvalue weighted by Crippen LogP contribution is -2.05. The standard InChI is InChI=1S/C18H23NO/c1-13(2)15-8-6-14(7-9-15)10-19-11-16-4-3-5-18(20)17(16)12-19/h6-9,11-13,18,20H,3-5,10H2,1-2H3. The SMILES string of the molecule is CC(C)c1ccc(Cn2cc3c(c2)C(O)CCC3)cc1. The quantitative estimate of drug-likeness (QED) is 0.894. The first-order chi connectivity index (χ1) is 9.63. The molecule has 0 radical (unpaired) electrons. The van der Waals surface area contributed by atoms with Gasteiger partial charge in [0.2, 0.25) is 0 Å². The van der Waals surface area contributed by atoms with Gasteiger partial charge in [-0.3, -0.25) is 0 Å². The third kappa shape index (κ3) is 2.66. The molecule has 0 bridgehead atoms. The Morgan fingerprint density at radius 2 is 1.95 bits per heavy atom. The van der Waals surface area contributed by atoms with Crippen LogP contribution in [0.25, 0.3) is 0 Å². The van der Waals surface area contributed by atoms with Gasteiger partial charge in [-0.15, -0.1) is 0 Å². The number of rotatable bonds is 3. The molecule has 0 saturated carbocycles. The average Bonchev–Trinajstić information content (AvgIpc) is 2.83. The van der Waals surface area contributed by atoms with Crippen molar-refractivity contribution < 1.29 is 5.11 Å². The first-order valence-corrected chi connectivity index (χ1v) is 7.59. The van der Waals surface area contributed by atoms with Crippen LogP contribution in [0.4, 0.5) is 0 Å². The molecule has 1 N–H and O–H groups in total. The summed E-state index contributed by atoms with van der Waals surface area (Å²) in [4.78, 5) is 0. The van der Waals surface area contributed by atoms with Crippen LogP contribution in [0.5, 0.6) is 0 Å². The van der Waals surface area contributed by atoms with Crippen molar-refractivity contribution in [2.75, 3.05) is 0 Å². The molecule has 1 aliphatic rings. The summed E-state index contributed by atoms with van der Waals surface area (Å²) < 4.78 is 2.21. The van der Waals surface area contributed by atoms with E-state index in [1.54, 1.807) is 0 Å². The van der Waals surface area contributed by atoms with Crippen LogP contribution in [0, 0.1) is 0 Å².